The van der Waals surface area contributed by atoms with Gasteiger partial charge in [-0.25, -0.2) is 0 Å². The fourth-order valence-corrected chi connectivity index (χ4v) is 6.18. The second-order valence-electron chi connectivity index (χ2n) is 10.7. The van der Waals surface area contributed by atoms with Crippen molar-refractivity contribution in [3.63, 3.8) is 0 Å². The van der Waals surface area contributed by atoms with E-state index in [-0.39, 0.29) is 0 Å². The Morgan fingerprint density at radius 3 is 1.62 bits per heavy atom. The molecule has 0 spiro atoms. The molecule has 0 bridgehead atoms. The zero-order valence-electron chi connectivity index (χ0n) is 24.9. The van der Waals surface area contributed by atoms with Crippen LogP contribution in [0.1, 0.15) is 45.4 Å². The first-order chi connectivity index (χ1) is 20.4. The van der Waals surface area contributed by atoms with Crippen LogP contribution in [0.3, 0.4) is 0 Å². The zero-order chi connectivity index (χ0) is 29.5. The minimum atomic E-state index is 0.959. The van der Waals surface area contributed by atoms with Crippen LogP contribution >= 0.6 is 0 Å². The molecule has 0 atom stereocenters. The van der Waals surface area contributed by atoms with Gasteiger partial charge in [0.05, 0.1) is 0 Å². The summed E-state index contributed by atoms with van der Waals surface area (Å²) in [5, 5.41) is 5.39. The van der Waals surface area contributed by atoms with E-state index in [1.165, 1.54) is 93.5 Å². The van der Waals surface area contributed by atoms with Gasteiger partial charge >= 0.3 is 99.2 Å². The molecular weight excluding hydrogens is 584 g/mol. The van der Waals surface area contributed by atoms with Gasteiger partial charge in [0, 0.05) is 0 Å². The van der Waals surface area contributed by atoms with Crippen molar-refractivity contribution >= 4 is 30.3 Å². The molecule has 0 nitrogen and oxygen atoms in total. The van der Waals surface area contributed by atoms with Gasteiger partial charge in [0.25, 0.3) is 0 Å². The first kappa shape index (κ1) is 29.7. The van der Waals surface area contributed by atoms with Crippen molar-refractivity contribution in [2.24, 2.45) is 0 Å². The van der Waals surface area contributed by atoms with Crippen LogP contribution in [0.2, 0.25) is 0 Å². The number of hydrogen-bond donors (Lipinski definition) is 0. The van der Waals surface area contributed by atoms with Crippen molar-refractivity contribution in [1.29, 1.82) is 0 Å². The fraction of sp³-hybridized carbons (Fsp3) is 0.122. The Kier molecular flexibility index (Phi) is 9.83. The molecule has 0 aromatic heterocycles. The van der Waals surface area contributed by atoms with Crippen molar-refractivity contribution in [1.82, 2.24) is 0 Å². The number of allylic oxidation sites excluding steroid dienone is 4. The van der Waals surface area contributed by atoms with E-state index in [1.807, 2.05) is 0 Å². The van der Waals surface area contributed by atoms with Crippen LogP contribution in [0.15, 0.2) is 133 Å². The summed E-state index contributed by atoms with van der Waals surface area (Å²) in [7, 11) is 0. The summed E-state index contributed by atoms with van der Waals surface area (Å²) in [5.74, 6) is 0. The van der Waals surface area contributed by atoms with E-state index in [4.69, 9.17) is 0 Å². The third-order valence-corrected chi connectivity index (χ3v) is 9.53. The molecule has 0 N–H and O–H groups in total. The van der Waals surface area contributed by atoms with Crippen molar-refractivity contribution in [2.45, 2.75) is 34.1 Å². The minimum Gasteiger partial charge on any atom is -0.126 e. The third kappa shape index (κ3) is 6.80. The predicted molar refractivity (Wildman–Crippen MR) is 179 cm³/mol. The minimum absolute atomic E-state index is 0.959. The first-order valence-electron chi connectivity index (χ1n) is 14.5. The summed E-state index contributed by atoms with van der Waals surface area (Å²) in [6.07, 6.45) is 8.70. The van der Waals surface area contributed by atoms with Gasteiger partial charge in [-0.05, 0) is 26.3 Å². The van der Waals surface area contributed by atoms with E-state index >= 15 is 0 Å². The summed E-state index contributed by atoms with van der Waals surface area (Å²) in [5.41, 5.74) is 10.9. The maximum Gasteiger partial charge on any atom is -0.0771 e. The molecule has 42 heavy (non-hydrogen) atoms. The molecule has 6 aromatic carbocycles. The van der Waals surface area contributed by atoms with Gasteiger partial charge in [0.2, 0.25) is 0 Å². The van der Waals surface area contributed by atoms with E-state index in [0.29, 0.717) is 0 Å². The quantitative estimate of drug-likeness (QED) is 0.173. The fourth-order valence-electron chi connectivity index (χ4n) is 5.36. The number of hydrogen-bond acceptors (Lipinski definition) is 0. The van der Waals surface area contributed by atoms with Gasteiger partial charge in [0.1, 0.15) is 0 Å². The standard InChI is InChI=1S/C15H17.C13H9.C13H10.Zr/c1-10-9-15(14-7-5-6-8-14)13(4)12(3)11(10)2;1-3-7-12-10(5-1)9-11-6-2-4-8-13(11)12;1-3-7-12(8-4-1)11-13-9-5-2-6-10-13;/h5,7,9H,6H2,1-4H3;1-9H;1-10H;/q2*-1;;+2. The smallest absolute Gasteiger partial charge is 0.0771 e. The number of rotatable bonds is 3. The van der Waals surface area contributed by atoms with E-state index in [0.717, 1.165) is 6.42 Å². The molecule has 0 saturated carbocycles. The largest absolute Gasteiger partial charge is 0.126 e. The Balaban J connectivity index is 0.000000126. The maximum atomic E-state index is 3.39. The Hall–Kier alpha value is -3.80. The van der Waals surface area contributed by atoms with Gasteiger partial charge in [-0.15, -0.1) is 57.4 Å². The second-order valence-corrected chi connectivity index (χ2v) is 12.0. The molecule has 1 aliphatic carbocycles. The average Bonchev–Trinajstić information content (AvgIpc) is 3.72. The number of benzene rings is 5. The summed E-state index contributed by atoms with van der Waals surface area (Å²) < 4.78 is 1.42. The second kappa shape index (κ2) is 13.9. The van der Waals surface area contributed by atoms with Crippen LogP contribution < -0.4 is 0 Å². The van der Waals surface area contributed by atoms with E-state index in [1.54, 1.807) is 0 Å². The van der Waals surface area contributed by atoms with Gasteiger partial charge in [-0.3, -0.25) is 0 Å². The molecule has 0 amide bonds. The monoisotopic (exact) mass is 618 g/mol. The topological polar surface area (TPSA) is 0 Å². The van der Waals surface area contributed by atoms with Crippen LogP contribution in [-0.4, -0.2) is 3.21 Å². The molecule has 7 rings (SSSR count). The first-order valence-corrected chi connectivity index (χ1v) is 15.7. The molecule has 0 unspecified atom stereocenters. The van der Waals surface area contributed by atoms with Crippen LogP contribution in [0.5, 0.6) is 0 Å². The Labute approximate surface area is 265 Å². The Morgan fingerprint density at radius 2 is 1.12 bits per heavy atom. The van der Waals surface area contributed by atoms with Crippen LogP contribution in [-0.2, 0) is 24.2 Å². The molecule has 6 aromatic rings. The van der Waals surface area contributed by atoms with Crippen molar-refractivity contribution in [2.75, 3.05) is 0 Å². The SMILES string of the molecule is Cc1cc(C2=[C-]CC=C2)c(C)c(C)c1C.[Zr+2]=[C](c1ccccc1)c1ccccc1.c1ccc2c(c1)[cH-]c1ccccc12. The van der Waals surface area contributed by atoms with Crippen LogP contribution in [0.25, 0.3) is 27.1 Å². The molecule has 0 radical (unpaired) electrons. The molecule has 1 aliphatic rings. The summed E-state index contributed by atoms with van der Waals surface area (Å²) in [6, 6.07) is 42.7. The van der Waals surface area contributed by atoms with Crippen molar-refractivity contribution in [3.05, 3.63) is 178 Å². The molecular formula is C41H36Zr. The summed E-state index contributed by atoms with van der Waals surface area (Å²) >= 11 is 1.46. The van der Waals surface area contributed by atoms with Gasteiger partial charge < -0.3 is 0 Å². The summed E-state index contributed by atoms with van der Waals surface area (Å²) in [6.45, 7) is 8.80. The Bertz CT molecular complexity index is 1790. The third-order valence-electron chi connectivity index (χ3n) is 8.11. The predicted octanol–water partition coefficient (Wildman–Crippen LogP) is 10.6. The number of aryl methyl sites for hydroxylation is 1. The molecule has 0 aliphatic heterocycles. The van der Waals surface area contributed by atoms with Crippen molar-refractivity contribution in [3.8, 4) is 0 Å². The van der Waals surface area contributed by atoms with E-state index < -0.39 is 0 Å². The van der Waals surface area contributed by atoms with Crippen LogP contribution in [0.4, 0.5) is 0 Å². The average molecular weight is 620 g/mol. The van der Waals surface area contributed by atoms with E-state index in [9.17, 15) is 0 Å². The molecule has 0 saturated heterocycles. The van der Waals surface area contributed by atoms with Gasteiger partial charge in [0.15, 0.2) is 0 Å². The molecule has 1 heteroatoms. The zero-order valence-corrected chi connectivity index (χ0v) is 27.4. The van der Waals surface area contributed by atoms with Crippen molar-refractivity contribution < 1.29 is 24.2 Å². The van der Waals surface area contributed by atoms with Crippen LogP contribution in [0, 0.1) is 33.8 Å². The van der Waals surface area contributed by atoms with Gasteiger partial charge in [-0.1, -0.05) is 66.4 Å². The molecule has 204 valence electrons. The molecule has 0 fully saturated rings. The van der Waals surface area contributed by atoms with Gasteiger partial charge in [-0.2, -0.15) is 17.7 Å². The summed E-state index contributed by atoms with van der Waals surface area (Å²) in [4.78, 5) is 0. The molecule has 0 heterocycles. The Morgan fingerprint density at radius 1 is 0.619 bits per heavy atom. The normalized spacial score (nSPS) is 11.9. The number of fused-ring (bicyclic) bond motifs is 3. The van der Waals surface area contributed by atoms with E-state index in [2.05, 4.69) is 167 Å². The maximum absolute atomic E-state index is 3.39.